The topological polar surface area (TPSA) is 55.1 Å². The Kier molecular flexibility index (Phi) is 5.68. The molecular weight excluding hydrogens is 348 g/mol. The van der Waals surface area contributed by atoms with Crippen LogP contribution in [0.2, 0.25) is 0 Å². The molecular formula is C24H28N2O2. The number of nitrogens with one attached hydrogen (secondary N) is 1. The van der Waals surface area contributed by atoms with Gasteiger partial charge in [-0.25, -0.2) is 4.98 Å². The van der Waals surface area contributed by atoms with Crippen LogP contribution in [0.25, 0.3) is 22.6 Å². The molecule has 1 unspecified atom stereocenters. The summed E-state index contributed by atoms with van der Waals surface area (Å²) in [6, 6.07) is 16.6. The molecule has 1 aromatic heterocycles. The average molecular weight is 377 g/mol. The van der Waals surface area contributed by atoms with Crippen molar-refractivity contribution in [2.75, 3.05) is 0 Å². The van der Waals surface area contributed by atoms with E-state index in [9.17, 15) is 4.79 Å². The number of oxazole rings is 1. The van der Waals surface area contributed by atoms with E-state index in [2.05, 4.69) is 41.5 Å². The molecule has 1 amide bonds. The Balaban J connectivity index is 2.10. The van der Waals surface area contributed by atoms with E-state index in [1.54, 1.807) is 12.5 Å². The average Bonchev–Trinajstić information content (AvgIpc) is 3.22. The van der Waals surface area contributed by atoms with Crippen molar-refractivity contribution in [3.05, 3.63) is 66.6 Å². The van der Waals surface area contributed by atoms with Gasteiger partial charge in [0.1, 0.15) is 6.26 Å². The predicted octanol–water partition coefficient (Wildman–Crippen LogP) is 5.66. The summed E-state index contributed by atoms with van der Waals surface area (Å²) in [5.74, 6) is 0.615. The third kappa shape index (κ3) is 4.01. The van der Waals surface area contributed by atoms with Gasteiger partial charge in [-0.05, 0) is 48.6 Å². The fourth-order valence-electron chi connectivity index (χ4n) is 3.33. The normalized spacial score (nSPS) is 12.8. The second-order valence-corrected chi connectivity index (χ2v) is 8.08. The van der Waals surface area contributed by atoms with Crippen LogP contribution in [-0.2, 0) is 4.79 Å². The lowest BCUT2D eigenvalue weighted by atomic mass is 9.73. The van der Waals surface area contributed by atoms with E-state index in [0.29, 0.717) is 5.89 Å². The van der Waals surface area contributed by atoms with E-state index in [1.165, 1.54) is 0 Å². The smallest absolute Gasteiger partial charge is 0.226 e. The summed E-state index contributed by atoms with van der Waals surface area (Å²) in [5.41, 5.74) is 3.68. The van der Waals surface area contributed by atoms with Crippen molar-refractivity contribution in [1.29, 1.82) is 0 Å². The molecule has 0 saturated carbocycles. The Bertz CT molecular complexity index is 929. The minimum Gasteiger partial charge on any atom is -0.445 e. The summed E-state index contributed by atoms with van der Waals surface area (Å²) in [6.07, 6.45) is 3.22. The summed E-state index contributed by atoms with van der Waals surface area (Å²) >= 11 is 0. The summed E-state index contributed by atoms with van der Waals surface area (Å²) in [7, 11) is 0. The van der Waals surface area contributed by atoms with Gasteiger partial charge in [0.15, 0.2) is 0 Å². The molecule has 3 aromatic rings. The second kappa shape index (κ2) is 8.01. The molecule has 0 aliphatic carbocycles. The first kappa shape index (κ1) is 19.9. The number of benzene rings is 2. The number of carbonyl (C=O) groups excluding carboxylic acids is 1. The second-order valence-electron chi connectivity index (χ2n) is 8.08. The lowest BCUT2D eigenvalue weighted by molar-refractivity contribution is -0.130. The van der Waals surface area contributed by atoms with Crippen molar-refractivity contribution in [2.45, 2.75) is 46.6 Å². The van der Waals surface area contributed by atoms with Gasteiger partial charge in [-0.15, -0.1) is 0 Å². The lowest BCUT2D eigenvalue weighted by Gasteiger charge is -2.33. The molecule has 4 nitrogen and oxygen atoms in total. The fourth-order valence-corrected chi connectivity index (χ4v) is 3.33. The first-order valence-electron chi connectivity index (χ1n) is 9.71. The van der Waals surface area contributed by atoms with Gasteiger partial charge in [-0.1, -0.05) is 57.2 Å². The van der Waals surface area contributed by atoms with Crippen LogP contribution in [0.4, 0.5) is 0 Å². The molecule has 0 bridgehead atoms. The molecule has 0 aliphatic rings. The highest BCUT2D eigenvalue weighted by atomic mass is 16.3. The number of carbonyl (C=O) groups is 1. The van der Waals surface area contributed by atoms with Gasteiger partial charge in [0, 0.05) is 11.6 Å². The van der Waals surface area contributed by atoms with Crippen molar-refractivity contribution in [3.8, 4) is 22.6 Å². The van der Waals surface area contributed by atoms with Crippen LogP contribution in [0.15, 0.2) is 65.4 Å². The standard InChI is InChI=1S/C24H28N2O2/c1-16(2)26-23(27)24(4,5)17(3)21-15-19(22-25-13-14-28-22)11-12-20(21)18-9-7-6-8-10-18/h6-17H,1-5H3,(H,26,27). The fraction of sp³-hybridized carbons (Fsp3) is 0.333. The Morgan fingerprint density at radius 2 is 1.75 bits per heavy atom. The Morgan fingerprint density at radius 3 is 2.36 bits per heavy atom. The third-order valence-electron chi connectivity index (χ3n) is 5.37. The first-order chi connectivity index (χ1) is 13.3. The van der Waals surface area contributed by atoms with E-state index in [-0.39, 0.29) is 17.9 Å². The predicted molar refractivity (Wildman–Crippen MR) is 113 cm³/mol. The minimum atomic E-state index is -0.580. The van der Waals surface area contributed by atoms with Crippen LogP contribution in [0, 0.1) is 5.41 Å². The summed E-state index contributed by atoms with van der Waals surface area (Å²) in [4.78, 5) is 17.2. The van der Waals surface area contributed by atoms with Crippen molar-refractivity contribution >= 4 is 5.91 Å². The van der Waals surface area contributed by atoms with E-state index in [1.807, 2.05) is 52.0 Å². The monoisotopic (exact) mass is 376 g/mol. The molecule has 1 heterocycles. The Hall–Kier alpha value is -2.88. The zero-order chi connectivity index (χ0) is 20.3. The van der Waals surface area contributed by atoms with Gasteiger partial charge in [-0.2, -0.15) is 0 Å². The van der Waals surface area contributed by atoms with Crippen LogP contribution < -0.4 is 5.32 Å². The summed E-state index contributed by atoms with van der Waals surface area (Å²) in [5, 5.41) is 3.07. The Labute approximate surface area is 167 Å². The Morgan fingerprint density at radius 1 is 1.04 bits per heavy atom. The zero-order valence-electron chi connectivity index (χ0n) is 17.2. The van der Waals surface area contributed by atoms with Crippen molar-refractivity contribution < 1.29 is 9.21 Å². The molecule has 3 rings (SSSR count). The maximum absolute atomic E-state index is 12.9. The van der Waals surface area contributed by atoms with Gasteiger partial charge in [0.05, 0.1) is 11.6 Å². The number of rotatable bonds is 6. The molecule has 4 heteroatoms. The van der Waals surface area contributed by atoms with Crippen molar-refractivity contribution in [1.82, 2.24) is 10.3 Å². The van der Waals surface area contributed by atoms with E-state index < -0.39 is 5.41 Å². The number of hydrogen-bond donors (Lipinski definition) is 1. The number of nitrogens with zero attached hydrogens (tertiary/aromatic N) is 1. The molecule has 1 N–H and O–H groups in total. The van der Waals surface area contributed by atoms with Crippen LogP contribution in [0.5, 0.6) is 0 Å². The van der Waals surface area contributed by atoms with Gasteiger partial charge in [-0.3, -0.25) is 4.79 Å². The van der Waals surface area contributed by atoms with Crippen LogP contribution in [0.3, 0.4) is 0 Å². The number of amides is 1. The van der Waals surface area contributed by atoms with Gasteiger partial charge in [0.2, 0.25) is 11.8 Å². The van der Waals surface area contributed by atoms with Crippen molar-refractivity contribution in [2.24, 2.45) is 5.41 Å². The number of hydrogen-bond acceptors (Lipinski definition) is 3. The lowest BCUT2D eigenvalue weighted by Crippen LogP contribution is -2.43. The molecule has 2 aromatic carbocycles. The highest BCUT2D eigenvalue weighted by molar-refractivity contribution is 5.84. The zero-order valence-corrected chi connectivity index (χ0v) is 17.2. The number of aromatic nitrogens is 1. The highest BCUT2D eigenvalue weighted by Crippen LogP contribution is 2.41. The molecule has 0 spiro atoms. The SMILES string of the molecule is CC(C)NC(=O)C(C)(C)C(C)c1cc(-c2ncco2)ccc1-c1ccccc1. The molecule has 28 heavy (non-hydrogen) atoms. The van der Waals surface area contributed by atoms with E-state index >= 15 is 0 Å². The third-order valence-corrected chi connectivity index (χ3v) is 5.37. The highest BCUT2D eigenvalue weighted by Gasteiger charge is 2.36. The van der Waals surface area contributed by atoms with Gasteiger partial charge in [0.25, 0.3) is 0 Å². The van der Waals surface area contributed by atoms with Crippen LogP contribution >= 0.6 is 0 Å². The molecule has 1 atom stereocenters. The summed E-state index contributed by atoms with van der Waals surface area (Å²) in [6.45, 7) is 10.1. The van der Waals surface area contributed by atoms with Crippen LogP contribution in [-0.4, -0.2) is 16.9 Å². The molecule has 0 fully saturated rings. The summed E-state index contributed by atoms with van der Waals surface area (Å²) < 4.78 is 5.50. The molecule has 0 radical (unpaired) electrons. The molecule has 0 aliphatic heterocycles. The van der Waals surface area contributed by atoms with Crippen molar-refractivity contribution in [3.63, 3.8) is 0 Å². The maximum atomic E-state index is 12.9. The van der Waals surface area contributed by atoms with Gasteiger partial charge >= 0.3 is 0 Å². The van der Waals surface area contributed by atoms with E-state index in [4.69, 9.17) is 4.42 Å². The first-order valence-corrected chi connectivity index (χ1v) is 9.71. The molecule has 146 valence electrons. The quantitative estimate of drug-likeness (QED) is 0.604. The maximum Gasteiger partial charge on any atom is 0.226 e. The molecule has 0 saturated heterocycles. The largest absolute Gasteiger partial charge is 0.445 e. The van der Waals surface area contributed by atoms with E-state index in [0.717, 1.165) is 22.3 Å². The minimum absolute atomic E-state index is 0.0173. The van der Waals surface area contributed by atoms with Crippen LogP contribution in [0.1, 0.15) is 46.1 Å². The van der Waals surface area contributed by atoms with Gasteiger partial charge < -0.3 is 9.73 Å².